The summed E-state index contributed by atoms with van der Waals surface area (Å²) in [5, 5.41) is 12.3. The molecule has 0 aliphatic heterocycles. The number of aryl methyl sites for hydroxylation is 1. The summed E-state index contributed by atoms with van der Waals surface area (Å²) in [6.07, 6.45) is 1.61. The predicted molar refractivity (Wildman–Crippen MR) is 72.8 cm³/mol. The highest BCUT2D eigenvalue weighted by atomic mass is 35.5. The first-order valence-corrected chi connectivity index (χ1v) is 5.86. The van der Waals surface area contributed by atoms with Gasteiger partial charge in [-0.05, 0) is 30.7 Å². The van der Waals surface area contributed by atoms with Gasteiger partial charge in [0, 0.05) is 11.8 Å². The van der Waals surface area contributed by atoms with Crippen LogP contribution in [0.25, 0.3) is 0 Å². The van der Waals surface area contributed by atoms with Gasteiger partial charge in [-0.1, -0.05) is 6.07 Å². The van der Waals surface area contributed by atoms with Gasteiger partial charge in [0.05, 0.1) is 12.7 Å². The third kappa shape index (κ3) is 2.75. The number of halogens is 1. The molecule has 96 valence electrons. The quantitative estimate of drug-likeness (QED) is 0.871. The zero-order valence-corrected chi connectivity index (χ0v) is 11.2. The van der Waals surface area contributed by atoms with Gasteiger partial charge in [0.25, 0.3) is 0 Å². The number of ether oxygens (including phenoxy) is 1. The van der Waals surface area contributed by atoms with Crippen LogP contribution in [0.4, 0.5) is 11.5 Å². The van der Waals surface area contributed by atoms with Crippen molar-refractivity contribution in [2.45, 2.75) is 6.92 Å². The van der Waals surface area contributed by atoms with Gasteiger partial charge in [0.2, 0.25) is 5.28 Å². The molecule has 0 bridgehead atoms. The number of hydrogen-bond donors (Lipinski definition) is 1. The van der Waals surface area contributed by atoms with E-state index in [1.54, 1.807) is 31.5 Å². The first kappa shape index (κ1) is 13.1. The van der Waals surface area contributed by atoms with Crippen molar-refractivity contribution >= 4 is 23.1 Å². The first-order chi connectivity index (χ1) is 9.15. The van der Waals surface area contributed by atoms with Crippen molar-refractivity contribution in [1.82, 2.24) is 9.97 Å². The van der Waals surface area contributed by atoms with Gasteiger partial charge in [-0.15, -0.1) is 0 Å². The van der Waals surface area contributed by atoms with Crippen molar-refractivity contribution in [1.29, 1.82) is 5.26 Å². The second-order valence-electron chi connectivity index (χ2n) is 3.79. The van der Waals surface area contributed by atoms with Gasteiger partial charge >= 0.3 is 0 Å². The SMILES string of the molecule is COc1cccc(C#N)c1Nc1nc(Cl)ncc1C. The van der Waals surface area contributed by atoms with E-state index in [2.05, 4.69) is 21.4 Å². The second-order valence-corrected chi connectivity index (χ2v) is 4.13. The standard InChI is InChI=1S/C13H11ClN4O/c1-8-7-16-13(14)18-12(8)17-11-9(6-15)4-3-5-10(11)19-2/h3-5,7H,1-2H3,(H,16,17,18). The Bertz CT molecular complexity index is 652. The fraction of sp³-hybridized carbons (Fsp3) is 0.154. The first-order valence-electron chi connectivity index (χ1n) is 5.49. The van der Waals surface area contributed by atoms with Crippen LogP contribution in [0.1, 0.15) is 11.1 Å². The average Bonchev–Trinajstić information content (AvgIpc) is 2.43. The zero-order chi connectivity index (χ0) is 13.8. The van der Waals surface area contributed by atoms with E-state index in [1.807, 2.05) is 6.92 Å². The molecule has 0 saturated heterocycles. The lowest BCUT2D eigenvalue weighted by atomic mass is 10.1. The van der Waals surface area contributed by atoms with E-state index in [4.69, 9.17) is 21.6 Å². The molecule has 2 rings (SSSR count). The molecule has 6 heteroatoms. The van der Waals surface area contributed by atoms with Gasteiger partial charge in [-0.25, -0.2) is 9.97 Å². The maximum Gasteiger partial charge on any atom is 0.224 e. The molecule has 0 saturated carbocycles. The Balaban J connectivity index is 2.48. The lowest BCUT2D eigenvalue weighted by Gasteiger charge is -2.13. The normalized spacial score (nSPS) is 9.79. The van der Waals surface area contributed by atoms with Crippen LogP contribution in [-0.4, -0.2) is 17.1 Å². The minimum Gasteiger partial charge on any atom is -0.495 e. The van der Waals surface area contributed by atoms with Crippen molar-refractivity contribution in [2.24, 2.45) is 0 Å². The van der Waals surface area contributed by atoms with E-state index < -0.39 is 0 Å². The van der Waals surface area contributed by atoms with E-state index in [0.29, 0.717) is 22.8 Å². The third-order valence-electron chi connectivity index (χ3n) is 2.55. The summed E-state index contributed by atoms with van der Waals surface area (Å²) in [5.74, 6) is 1.11. The highest BCUT2D eigenvalue weighted by Crippen LogP contribution is 2.31. The van der Waals surface area contributed by atoms with Gasteiger partial charge < -0.3 is 10.1 Å². The molecule has 19 heavy (non-hydrogen) atoms. The number of rotatable bonds is 3. The van der Waals surface area contributed by atoms with Crippen LogP contribution < -0.4 is 10.1 Å². The molecule has 1 N–H and O–H groups in total. The molecule has 0 aliphatic carbocycles. The third-order valence-corrected chi connectivity index (χ3v) is 2.73. The van der Waals surface area contributed by atoms with Gasteiger partial charge in [0.1, 0.15) is 23.3 Å². The Kier molecular flexibility index (Phi) is 3.83. The Morgan fingerprint density at radius 2 is 2.21 bits per heavy atom. The Hall–Kier alpha value is -2.32. The highest BCUT2D eigenvalue weighted by molar-refractivity contribution is 6.28. The van der Waals surface area contributed by atoms with Gasteiger partial charge in [0.15, 0.2) is 0 Å². The number of methoxy groups -OCH3 is 1. The molecule has 1 aromatic carbocycles. The van der Waals surface area contributed by atoms with Crippen LogP contribution in [-0.2, 0) is 0 Å². The molecule has 5 nitrogen and oxygen atoms in total. The van der Waals surface area contributed by atoms with Gasteiger partial charge in [-0.3, -0.25) is 0 Å². The topological polar surface area (TPSA) is 70.8 Å². The van der Waals surface area contributed by atoms with E-state index in [9.17, 15) is 0 Å². The van der Waals surface area contributed by atoms with Crippen LogP contribution in [0, 0.1) is 18.3 Å². The van der Waals surface area contributed by atoms with Crippen LogP contribution in [0.2, 0.25) is 5.28 Å². The number of benzene rings is 1. The maximum absolute atomic E-state index is 9.14. The summed E-state index contributed by atoms with van der Waals surface area (Å²) in [4.78, 5) is 7.98. The van der Waals surface area contributed by atoms with Crippen LogP contribution in [0.15, 0.2) is 24.4 Å². The van der Waals surface area contributed by atoms with Crippen molar-refractivity contribution in [3.05, 3.63) is 40.8 Å². The minimum atomic E-state index is 0.140. The van der Waals surface area contributed by atoms with E-state index in [1.165, 1.54) is 0 Å². The van der Waals surface area contributed by atoms with Crippen molar-refractivity contribution in [3.63, 3.8) is 0 Å². The minimum absolute atomic E-state index is 0.140. The summed E-state index contributed by atoms with van der Waals surface area (Å²) in [5.41, 5.74) is 1.85. The summed E-state index contributed by atoms with van der Waals surface area (Å²) >= 11 is 5.77. The summed E-state index contributed by atoms with van der Waals surface area (Å²) < 4.78 is 5.24. The fourth-order valence-corrected chi connectivity index (χ4v) is 1.72. The molecule has 0 atom stereocenters. The molecular weight excluding hydrogens is 264 g/mol. The second kappa shape index (κ2) is 5.55. The lowest BCUT2D eigenvalue weighted by molar-refractivity contribution is 0.416. The molecule has 1 aromatic heterocycles. The number of nitrogens with one attached hydrogen (secondary N) is 1. The van der Waals surface area contributed by atoms with Crippen molar-refractivity contribution in [2.75, 3.05) is 12.4 Å². The van der Waals surface area contributed by atoms with E-state index >= 15 is 0 Å². The largest absolute Gasteiger partial charge is 0.495 e. The zero-order valence-electron chi connectivity index (χ0n) is 10.4. The predicted octanol–water partition coefficient (Wildman–Crippen LogP) is 3.06. The molecular formula is C13H11ClN4O. The van der Waals surface area contributed by atoms with Crippen LogP contribution >= 0.6 is 11.6 Å². The smallest absolute Gasteiger partial charge is 0.224 e. The highest BCUT2D eigenvalue weighted by Gasteiger charge is 2.11. The summed E-state index contributed by atoms with van der Waals surface area (Å²) in [7, 11) is 1.54. The molecule has 0 fully saturated rings. The van der Waals surface area contributed by atoms with E-state index in [0.717, 1.165) is 5.56 Å². The molecule has 0 amide bonds. The number of anilines is 2. The Morgan fingerprint density at radius 1 is 1.42 bits per heavy atom. The van der Waals surface area contributed by atoms with Crippen LogP contribution in [0.5, 0.6) is 5.75 Å². The summed E-state index contributed by atoms with van der Waals surface area (Å²) in [6, 6.07) is 7.32. The fourth-order valence-electron chi connectivity index (χ4n) is 1.59. The summed E-state index contributed by atoms with van der Waals surface area (Å²) in [6.45, 7) is 1.85. The van der Waals surface area contributed by atoms with Gasteiger partial charge in [-0.2, -0.15) is 5.26 Å². The molecule has 2 aromatic rings. The monoisotopic (exact) mass is 274 g/mol. The molecule has 1 heterocycles. The van der Waals surface area contributed by atoms with Crippen molar-refractivity contribution in [3.8, 4) is 11.8 Å². The molecule has 0 spiro atoms. The number of aromatic nitrogens is 2. The van der Waals surface area contributed by atoms with E-state index in [-0.39, 0.29) is 5.28 Å². The average molecular weight is 275 g/mol. The maximum atomic E-state index is 9.14. The lowest BCUT2D eigenvalue weighted by Crippen LogP contribution is -2.02. The van der Waals surface area contributed by atoms with Crippen LogP contribution in [0.3, 0.4) is 0 Å². The molecule has 0 unspecified atom stereocenters. The number of hydrogen-bond acceptors (Lipinski definition) is 5. The van der Waals surface area contributed by atoms with Crippen molar-refractivity contribution < 1.29 is 4.74 Å². The number of nitriles is 1. The molecule has 0 radical (unpaired) electrons. The number of para-hydroxylation sites is 1. The molecule has 0 aliphatic rings. The Morgan fingerprint density at radius 3 is 2.89 bits per heavy atom. The number of nitrogens with zero attached hydrogens (tertiary/aromatic N) is 3. The Labute approximate surface area is 115 Å².